The first kappa shape index (κ1) is 13.6. The van der Waals surface area contributed by atoms with Gasteiger partial charge in [0.25, 0.3) is 0 Å². The fourth-order valence-electron chi connectivity index (χ4n) is 2.75. The molecule has 0 amide bonds. The van der Waals surface area contributed by atoms with Gasteiger partial charge >= 0.3 is 0 Å². The van der Waals surface area contributed by atoms with Crippen molar-refractivity contribution in [2.45, 2.75) is 40.0 Å². The van der Waals surface area contributed by atoms with E-state index < -0.39 is 0 Å². The van der Waals surface area contributed by atoms with Crippen LogP contribution in [0.25, 0.3) is 0 Å². The van der Waals surface area contributed by atoms with E-state index >= 15 is 0 Å². The highest BCUT2D eigenvalue weighted by atomic mass is 14.9. The van der Waals surface area contributed by atoms with Crippen LogP contribution in [0.3, 0.4) is 0 Å². The quantitative estimate of drug-likeness (QED) is 0.768. The molecule has 2 unspecified atom stereocenters. The van der Waals surface area contributed by atoms with E-state index in [0.717, 1.165) is 18.4 Å². The fourth-order valence-corrected chi connectivity index (χ4v) is 2.75. The lowest BCUT2D eigenvalue weighted by Gasteiger charge is -2.12. The molecule has 1 N–H and O–H groups in total. The van der Waals surface area contributed by atoms with Crippen LogP contribution in [-0.2, 0) is 6.42 Å². The van der Waals surface area contributed by atoms with Gasteiger partial charge in [-0.2, -0.15) is 0 Å². The summed E-state index contributed by atoms with van der Waals surface area (Å²) in [5.74, 6) is 1.67. The summed E-state index contributed by atoms with van der Waals surface area (Å²) in [6.07, 6.45) is 3.98. The van der Waals surface area contributed by atoms with E-state index in [-0.39, 0.29) is 0 Å². The molecule has 0 heterocycles. The van der Waals surface area contributed by atoms with Crippen molar-refractivity contribution in [2.75, 3.05) is 13.1 Å². The smallest absolute Gasteiger partial charge is 0.00150 e. The Morgan fingerprint density at radius 3 is 2.67 bits per heavy atom. The van der Waals surface area contributed by atoms with Crippen LogP contribution < -0.4 is 5.32 Å². The molecule has 1 fully saturated rings. The maximum atomic E-state index is 3.60. The van der Waals surface area contributed by atoms with Crippen LogP contribution in [0, 0.1) is 17.3 Å². The van der Waals surface area contributed by atoms with Crippen LogP contribution in [0.5, 0.6) is 0 Å². The summed E-state index contributed by atoms with van der Waals surface area (Å²) >= 11 is 0. The number of rotatable bonds is 7. The molecule has 0 spiro atoms. The predicted octanol–water partition coefficient (Wildman–Crippen LogP) is 3.89. The third-order valence-electron chi connectivity index (χ3n) is 4.31. The number of nitrogens with one attached hydrogen (secondary N) is 1. The van der Waals surface area contributed by atoms with Gasteiger partial charge in [0, 0.05) is 0 Å². The number of benzene rings is 1. The van der Waals surface area contributed by atoms with Crippen molar-refractivity contribution in [2.24, 2.45) is 17.3 Å². The monoisotopic (exact) mass is 245 g/mol. The maximum Gasteiger partial charge on any atom is -0.00150 e. The Bertz CT molecular complexity index is 357. The molecule has 0 aliphatic heterocycles. The van der Waals surface area contributed by atoms with Gasteiger partial charge in [-0.05, 0) is 55.2 Å². The lowest BCUT2D eigenvalue weighted by Crippen LogP contribution is -2.23. The minimum atomic E-state index is 0.597. The lowest BCUT2D eigenvalue weighted by molar-refractivity contribution is 0.435. The highest BCUT2D eigenvalue weighted by Gasteiger charge is 2.48. The van der Waals surface area contributed by atoms with Gasteiger partial charge in [-0.1, -0.05) is 51.1 Å². The zero-order valence-electron chi connectivity index (χ0n) is 12.1. The number of aryl methyl sites for hydroxylation is 1. The highest BCUT2D eigenvalue weighted by molar-refractivity contribution is 5.16. The Kier molecular flexibility index (Phi) is 4.45. The highest BCUT2D eigenvalue weighted by Crippen LogP contribution is 2.54. The Labute approximate surface area is 112 Å². The SMILES string of the molecule is CC(C)CNCC1CC1(C)CCc1ccccc1. The van der Waals surface area contributed by atoms with Crippen molar-refractivity contribution in [3.05, 3.63) is 35.9 Å². The molecule has 1 saturated carbocycles. The van der Waals surface area contributed by atoms with Crippen molar-refractivity contribution in [3.8, 4) is 0 Å². The van der Waals surface area contributed by atoms with E-state index in [4.69, 9.17) is 0 Å². The first-order valence-electron chi connectivity index (χ1n) is 7.35. The van der Waals surface area contributed by atoms with E-state index in [1.807, 2.05) is 0 Å². The van der Waals surface area contributed by atoms with Gasteiger partial charge < -0.3 is 5.32 Å². The summed E-state index contributed by atoms with van der Waals surface area (Å²) in [5, 5.41) is 3.60. The summed E-state index contributed by atoms with van der Waals surface area (Å²) in [5.41, 5.74) is 2.08. The molecule has 0 radical (unpaired) electrons. The molecule has 0 aromatic heterocycles. The lowest BCUT2D eigenvalue weighted by atomic mass is 9.96. The van der Waals surface area contributed by atoms with Crippen LogP contribution in [0.2, 0.25) is 0 Å². The van der Waals surface area contributed by atoms with E-state index in [1.54, 1.807) is 0 Å². The van der Waals surface area contributed by atoms with Crippen molar-refractivity contribution in [1.29, 1.82) is 0 Å². The molecule has 0 saturated heterocycles. The summed E-state index contributed by atoms with van der Waals surface area (Å²) in [4.78, 5) is 0. The minimum absolute atomic E-state index is 0.597. The second-order valence-electron chi connectivity index (χ2n) is 6.59. The molecule has 2 atom stereocenters. The molecular weight excluding hydrogens is 218 g/mol. The second-order valence-corrected chi connectivity index (χ2v) is 6.59. The van der Waals surface area contributed by atoms with Crippen molar-refractivity contribution in [1.82, 2.24) is 5.32 Å². The van der Waals surface area contributed by atoms with Gasteiger partial charge in [0.2, 0.25) is 0 Å². The van der Waals surface area contributed by atoms with Gasteiger partial charge in [0.15, 0.2) is 0 Å². The first-order valence-corrected chi connectivity index (χ1v) is 7.35. The minimum Gasteiger partial charge on any atom is -0.316 e. The van der Waals surface area contributed by atoms with Crippen LogP contribution in [0.1, 0.15) is 39.2 Å². The standard InChI is InChI=1S/C17H27N/c1-14(2)12-18-13-16-11-17(16,3)10-9-15-7-5-4-6-8-15/h4-8,14,16,18H,9-13H2,1-3H3. The first-order chi connectivity index (χ1) is 8.60. The summed E-state index contributed by atoms with van der Waals surface area (Å²) in [6, 6.07) is 10.9. The summed E-state index contributed by atoms with van der Waals surface area (Å²) in [7, 11) is 0. The van der Waals surface area contributed by atoms with Crippen molar-refractivity contribution in [3.63, 3.8) is 0 Å². The van der Waals surface area contributed by atoms with Gasteiger partial charge in [0.05, 0.1) is 0 Å². The topological polar surface area (TPSA) is 12.0 Å². The molecule has 0 bridgehead atoms. The average molecular weight is 245 g/mol. The number of hydrogen-bond donors (Lipinski definition) is 1. The van der Waals surface area contributed by atoms with Gasteiger partial charge in [-0.25, -0.2) is 0 Å². The predicted molar refractivity (Wildman–Crippen MR) is 78.7 cm³/mol. The molecule has 2 rings (SSSR count). The largest absolute Gasteiger partial charge is 0.316 e. The van der Waals surface area contributed by atoms with E-state index in [9.17, 15) is 0 Å². The summed E-state index contributed by atoms with van der Waals surface area (Å²) < 4.78 is 0. The van der Waals surface area contributed by atoms with E-state index in [0.29, 0.717) is 5.41 Å². The average Bonchev–Trinajstić information content (AvgIpc) is 2.99. The third kappa shape index (κ3) is 3.84. The molecule has 1 aromatic carbocycles. The molecule has 1 heteroatoms. The Morgan fingerprint density at radius 2 is 2.00 bits per heavy atom. The van der Waals surface area contributed by atoms with Crippen LogP contribution in [-0.4, -0.2) is 13.1 Å². The van der Waals surface area contributed by atoms with Crippen LogP contribution in [0.4, 0.5) is 0 Å². The van der Waals surface area contributed by atoms with E-state index in [2.05, 4.69) is 56.4 Å². The summed E-state index contributed by atoms with van der Waals surface area (Å²) in [6.45, 7) is 9.37. The Morgan fingerprint density at radius 1 is 1.28 bits per heavy atom. The van der Waals surface area contributed by atoms with Crippen LogP contribution >= 0.6 is 0 Å². The van der Waals surface area contributed by atoms with Crippen molar-refractivity contribution >= 4 is 0 Å². The second kappa shape index (κ2) is 5.88. The van der Waals surface area contributed by atoms with E-state index in [1.165, 1.54) is 31.4 Å². The zero-order valence-corrected chi connectivity index (χ0v) is 12.1. The molecular formula is C17H27N. The molecule has 100 valence electrons. The van der Waals surface area contributed by atoms with Gasteiger partial charge in [-0.3, -0.25) is 0 Å². The molecule has 1 aliphatic carbocycles. The molecule has 1 nitrogen and oxygen atoms in total. The Balaban J connectivity index is 1.68. The van der Waals surface area contributed by atoms with Gasteiger partial charge in [-0.15, -0.1) is 0 Å². The zero-order chi connectivity index (χ0) is 13.0. The van der Waals surface area contributed by atoms with Crippen LogP contribution in [0.15, 0.2) is 30.3 Å². The normalized spacial score (nSPS) is 26.6. The fraction of sp³-hybridized carbons (Fsp3) is 0.647. The molecule has 18 heavy (non-hydrogen) atoms. The Hall–Kier alpha value is -0.820. The maximum absolute atomic E-state index is 3.60. The third-order valence-corrected chi connectivity index (χ3v) is 4.31. The van der Waals surface area contributed by atoms with Gasteiger partial charge in [0.1, 0.15) is 0 Å². The number of hydrogen-bond acceptors (Lipinski definition) is 1. The van der Waals surface area contributed by atoms with Crippen molar-refractivity contribution < 1.29 is 0 Å². The molecule has 1 aliphatic rings. The molecule has 1 aromatic rings.